The van der Waals surface area contributed by atoms with Crippen LogP contribution in [0.15, 0.2) is 6.07 Å². The average Bonchev–Trinajstić information content (AvgIpc) is 2.07. The zero-order chi connectivity index (χ0) is 10.9. The Morgan fingerprint density at radius 1 is 1.64 bits per heavy atom. The zero-order valence-electron chi connectivity index (χ0n) is 6.67. The molecule has 0 unspecified atom stereocenters. The molecule has 0 saturated carbocycles. The number of hydrogen-bond donors (Lipinski definition) is 2. The number of pyridine rings is 1. The highest BCUT2D eigenvalue weighted by Crippen LogP contribution is 2.29. The SMILES string of the molecule is Nc1cc(C(=O)O)c(Cl)c(C(F)F)n1. The average molecular weight is 223 g/mol. The molecule has 4 nitrogen and oxygen atoms in total. The molecule has 7 heteroatoms. The van der Waals surface area contributed by atoms with Crippen molar-refractivity contribution >= 4 is 23.4 Å². The normalized spacial score (nSPS) is 10.6. The van der Waals surface area contributed by atoms with Crippen LogP contribution in [-0.4, -0.2) is 16.1 Å². The number of halogens is 3. The van der Waals surface area contributed by atoms with Crippen LogP contribution in [0.3, 0.4) is 0 Å². The number of alkyl halides is 2. The Bertz CT molecular complexity index is 384. The number of carboxylic acids is 1. The van der Waals surface area contributed by atoms with Gasteiger partial charge in [-0.25, -0.2) is 18.6 Å². The predicted molar refractivity (Wildman–Crippen MR) is 45.6 cm³/mol. The molecule has 1 aromatic heterocycles. The second-order valence-corrected chi connectivity index (χ2v) is 2.78. The van der Waals surface area contributed by atoms with Crippen molar-refractivity contribution in [3.8, 4) is 0 Å². The number of nitrogen functional groups attached to an aromatic ring is 1. The fraction of sp³-hybridized carbons (Fsp3) is 0.143. The van der Waals surface area contributed by atoms with E-state index in [-0.39, 0.29) is 5.82 Å². The molecule has 76 valence electrons. The van der Waals surface area contributed by atoms with Gasteiger partial charge in [-0.05, 0) is 6.07 Å². The molecule has 1 aromatic rings. The Labute approximate surface area is 82.3 Å². The minimum Gasteiger partial charge on any atom is -0.478 e. The molecule has 0 radical (unpaired) electrons. The van der Waals surface area contributed by atoms with E-state index in [2.05, 4.69) is 4.98 Å². The summed E-state index contributed by atoms with van der Waals surface area (Å²) < 4.78 is 24.5. The van der Waals surface area contributed by atoms with E-state index in [1.807, 2.05) is 0 Å². The summed E-state index contributed by atoms with van der Waals surface area (Å²) in [6.07, 6.45) is -2.95. The molecule has 0 spiro atoms. The third-order valence-corrected chi connectivity index (χ3v) is 1.84. The number of carbonyl (C=O) groups is 1. The van der Waals surface area contributed by atoms with Crippen LogP contribution < -0.4 is 5.73 Å². The van der Waals surface area contributed by atoms with Crippen LogP contribution in [0.2, 0.25) is 5.02 Å². The van der Waals surface area contributed by atoms with Crippen molar-refractivity contribution in [2.45, 2.75) is 6.43 Å². The molecular formula is C7H5ClF2N2O2. The van der Waals surface area contributed by atoms with Gasteiger partial charge in [-0.1, -0.05) is 11.6 Å². The maximum Gasteiger partial charge on any atom is 0.337 e. The second-order valence-electron chi connectivity index (χ2n) is 2.40. The maximum atomic E-state index is 12.3. The summed E-state index contributed by atoms with van der Waals surface area (Å²) in [4.78, 5) is 13.8. The summed E-state index contributed by atoms with van der Waals surface area (Å²) >= 11 is 5.39. The molecule has 0 atom stereocenters. The molecular weight excluding hydrogens is 218 g/mol. The molecule has 0 aliphatic rings. The quantitative estimate of drug-likeness (QED) is 0.802. The van der Waals surface area contributed by atoms with Gasteiger partial charge >= 0.3 is 5.97 Å². The predicted octanol–water partition coefficient (Wildman–Crippen LogP) is 1.95. The molecule has 14 heavy (non-hydrogen) atoms. The number of anilines is 1. The van der Waals surface area contributed by atoms with Crippen LogP contribution in [0.5, 0.6) is 0 Å². The largest absolute Gasteiger partial charge is 0.478 e. The zero-order valence-corrected chi connectivity index (χ0v) is 7.42. The molecule has 0 bridgehead atoms. The standard InChI is InChI=1S/C7H5ClF2N2O2/c8-4-2(7(13)14)1-3(11)12-5(4)6(9)10/h1,6H,(H2,11,12)(H,13,14). The van der Waals surface area contributed by atoms with E-state index in [9.17, 15) is 13.6 Å². The molecule has 0 fully saturated rings. The first kappa shape index (κ1) is 10.6. The summed E-state index contributed by atoms with van der Waals surface area (Å²) in [6, 6.07) is 0.927. The summed E-state index contributed by atoms with van der Waals surface area (Å²) in [5, 5.41) is 8.00. The highest BCUT2D eigenvalue weighted by atomic mass is 35.5. The summed E-state index contributed by atoms with van der Waals surface area (Å²) in [6.45, 7) is 0. The van der Waals surface area contributed by atoms with Crippen molar-refractivity contribution in [1.82, 2.24) is 4.98 Å². The Morgan fingerprint density at radius 2 is 2.21 bits per heavy atom. The van der Waals surface area contributed by atoms with E-state index in [4.69, 9.17) is 22.4 Å². The minimum atomic E-state index is -2.95. The van der Waals surface area contributed by atoms with Crippen molar-refractivity contribution in [2.24, 2.45) is 0 Å². The van der Waals surface area contributed by atoms with Crippen molar-refractivity contribution in [1.29, 1.82) is 0 Å². The molecule has 0 saturated heterocycles. The molecule has 0 amide bonds. The molecule has 1 heterocycles. The summed E-state index contributed by atoms with van der Waals surface area (Å²) in [5.74, 6) is -1.73. The molecule has 0 aliphatic heterocycles. The van der Waals surface area contributed by atoms with Crippen LogP contribution in [0.4, 0.5) is 14.6 Å². The topological polar surface area (TPSA) is 76.2 Å². The third-order valence-electron chi connectivity index (χ3n) is 1.44. The van der Waals surface area contributed by atoms with Crippen LogP contribution >= 0.6 is 11.6 Å². The number of nitrogens with two attached hydrogens (primary N) is 1. The van der Waals surface area contributed by atoms with Gasteiger partial charge in [0.15, 0.2) is 0 Å². The lowest BCUT2D eigenvalue weighted by molar-refractivity contribution is 0.0696. The number of hydrogen-bond acceptors (Lipinski definition) is 3. The Kier molecular flexibility index (Phi) is 2.85. The van der Waals surface area contributed by atoms with E-state index >= 15 is 0 Å². The molecule has 1 rings (SSSR count). The lowest BCUT2D eigenvalue weighted by Gasteiger charge is -2.06. The molecule has 3 N–H and O–H groups in total. The number of aromatic nitrogens is 1. The van der Waals surface area contributed by atoms with Crippen molar-refractivity contribution < 1.29 is 18.7 Å². The van der Waals surface area contributed by atoms with E-state index in [0.717, 1.165) is 6.07 Å². The second kappa shape index (κ2) is 3.75. The van der Waals surface area contributed by atoms with Gasteiger partial charge in [0, 0.05) is 0 Å². The lowest BCUT2D eigenvalue weighted by atomic mass is 10.2. The Balaban J connectivity index is 3.40. The highest BCUT2D eigenvalue weighted by molar-refractivity contribution is 6.34. The lowest BCUT2D eigenvalue weighted by Crippen LogP contribution is -2.05. The summed E-state index contributed by atoms with van der Waals surface area (Å²) in [5.41, 5.74) is 3.84. The first-order valence-corrected chi connectivity index (χ1v) is 3.78. The maximum absolute atomic E-state index is 12.3. The monoisotopic (exact) mass is 222 g/mol. The van der Waals surface area contributed by atoms with E-state index in [1.165, 1.54) is 0 Å². The van der Waals surface area contributed by atoms with Crippen molar-refractivity contribution in [3.63, 3.8) is 0 Å². The van der Waals surface area contributed by atoms with Gasteiger partial charge in [0.05, 0.1) is 10.6 Å². The number of rotatable bonds is 2. The van der Waals surface area contributed by atoms with E-state index in [0.29, 0.717) is 0 Å². The van der Waals surface area contributed by atoms with Crippen LogP contribution in [0.25, 0.3) is 0 Å². The fourth-order valence-corrected chi connectivity index (χ4v) is 1.13. The minimum absolute atomic E-state index is 0.304. The van der Waals surface area contributed by atoms with Gasteiger partial charge in [0.25, 0.3) is 6.43 Å². The molecule has 0 aromatic carbocycles. The number of nitrogens with zero attached hydrogens (tertiary/aromatic N) is 1. The number of aromatic carboxylic acids is 1. The molecule has 0 aliphatic carbocycles. The first-order chi connectivity index (χ1) is 6.43. The van der Waals surface area contributed by atoms with Crippen LogP contribution in [-0.2, 0) is 0 Å². The fourth-order valence-electron chi connectivity index (χ4n) is 0.870. The van der Waals surface area contributed by atoms with E-state index in [1.54, 1.807) is 0 Å². The van der Waals surface area contributed by atoms with Gasteiger partial charge in [-0.15, -0.1) is 0 Å². The van der Waals surface area contributed by atoms with Crippen molar-refractivity contribution in [2.75, 3.05) is 5.73 Å². The Hall–Kier alpha value is -1.43. The van der Waals surface area contributed by atoms with Crippen molar-refractivity contribution in [3.05, 3.63) is 22.3 Å². The van der Waals surface area contributed by atoms with Crippen LogP contribution in [0.1, 0.15) is 22.5 Å². The van der Waals surface area contributed by atoms with Crippen LogP contribution in [0, 0.1) is 0 Å². The first-order valence-electron chi connectivity index (χ1n) is 3.41. The van der Waals surface area contributed by atoms with Gasteiger partial charge in [-0.3, -0.25) is 0 Å². The Morgan fingerprint density at radius 3 is 2.64 bits per heavy atom. The van der Waals surface area contributed by atoms with Gasteiger partial charge in [-0.2, -0.15) is 0 Å². The van der Waals surface area contributed by atoms with Gasteiger partial charge in [0.1, 0.15) is 11.5 Å². The highest BCUT2D eigenvalue weighted by Gasteiger charge is 2.21. The van der Waals surface area contributed by atoms with Gasteiger partial charge in [0.2, 0.25) is 0 Å². The third kappa shape index (κ3) is 1.90. The summed E-state index contributed by atoms with van der Waals surface area (Å²) in [7, 11) is 0. The smallest absolute Gasteiger partial charge is 0.337 e. The van der Waals surface area contributed by atoms with E-state index < -0.39 is 28.7 Å². The number of carboxylic acid groups (broad SMARTS) is 1. The van der Waals surface area contributed by atoms with Gasteiger partial charge < -0.3 is 10.8 Å².